The molecule has 3 nitrogen and oxygen atoms in total. The van der Waals surface area contributed by atoms with Gasteiger partial charge in [-0.1, -0.05) is 41.0 Å². The Morgan fingerprint density at radius 1 is 1.41 bits per heavy atom. The maximum Gasteiger partial charge on any atom is 0.400 e. The lowest BCUT2D eigenvalue weighted by Crippen LogP contribution is -2.24. The molecule has 0 bridgehead atoms. The fourth-order valence-corrected chi connectivity index (χ4v) is 1.28. The third-order valence-corrected chi connectivity index (χ3v) is 2.07. The first-order valence-corrected chi connectivity index (χ1v) is 4.86. The molecule has 1 atom stereocenters. The molecule has 0 aliphatic rings. The maximum atomic E-state index is 12.3. The Morgan fingerprint density at radius 3 is 2.65 bits per heavy atom. The van der Waals surface area contributed by atoms with Crippen LogP contribution in [-0.4, -0.2) is 12.2 Å². The number of rotatable bonds is 3. The normalized spacial score (nSPS) is 13.4. The fourth-order valence-electron chi connectivity index (χ4n) is 1.08. The van der Waals surface area contributed by atoms with Gasteiger partial charge in [0.05, 0.1) is 0 Å². The van der Waals surface area contributed by atoms with E-state index < -0.39 is 12.2 Å². The van der Waals surface area contributed by atoms with Gasteiger partial charge in [-0.2, -0.15) is 13.2 Å². The SMILES string of the molecule is [N-]=[N+]=NC(C=Cc1cccc(Cl)c1)C(F)(F)F. The summed E-state index contributed by atoms with van der Waals surface area (Å²) in [6.45, 7) is 0. The molecule has 0 fully saturated rings. The Balaban J connectivity index is 2.91. The van der Waals surface area contributed by atoms with Crippen LogP contribution in [0.4, 0.5) is 13.2 Å². The molecule has 1 rings (SSSR count). The number of halogens is 4. The van der Waals surface area contributed by atoms with Crippen LogP contribution in [0.1, 0.15) is 5.56 Å². The second kappa shape index (κ2) is 5.61. The van der Waals surface area contributed by atoms with Gasteiger partial charge in [0, 0.05) is 9.93 Å². The lowest BCUT2D eigenvalue weighted by atomic mass is 10.2. The molecule has 7 heteroatoms. The Morgan fingerprint density at radius 2 is 2.12 bits per heavy atom. The van der Waals surface area contributed by atoms with E-state index in [1.807, 2.05) is 0 Å². The maximum absolute atomic E-state index is 12.3. The highest BCUT2D eigenvalue weighted by Crippen LogP contribution is 2.25. The zero-order chi connectivity index (χ0) is 12.9. The van der Waals surface area contributed by atoms with E-state index in [0.717, 1.165) is 6.08 Å². The highest BCUT2D eigenvalue weighted by atomic mass is 35.5. The lowest BCUT2D eigenvalue weighted by Gasteiger charge is -2.10. The fraction of sp³-hybridized carbons (Fsp3) is 0.200. The molecule has 90 valence electrons. The van der Waals surface area contributed by atoms with Gasteiger partial charge in [0.1, 0.15) is 0 Å². The van der Waals surface area contributed by atoms with Crippen molar-refractivity contribution in [3.8, 4) is 0 Å². The minimum Gasteiger partial charge on any atom is -0.170 e. The van der Waals surface area contributed by atoms with Crippen LogP contribution in [0.25, 0.3) is 16.5 Å². The summed E-state index contributed by atoms with van der Waals surface area (Å²) in [6.07, 6.45) is -2.61. The van der Waals surface area contributed by atoms with Gasteiger partial charge < -0.3 is 0 Å². The summed E-state index contributed by atoms with van der Waals surface area (Å²) < 4.78 is 37.0. The predicted molar refractivity (Wildman–Crippen MR) is 59.5 cm³/mol. The van der Waals surface area contributed by atoms with Crippen LogP contribution in [0.2, 0.25) is 5.02 Å². The zero-order valence-electron chi connectivity index (χ0n) is 8.39. The van der Waals surface area contributed by atoms with Crippen molar-refractivity contribution in [2.75, 3.05) is 0 Å². The molecule has 0 aliphatic carbocycles. The number of nitrogens with zero attached hydrogens (tertiary/aromatic N) is 3. The van der Waals surface area contributed by atoms with Crippen molar-refractivity contribution >= 4 is 17.7 Å². The van der Waals surface area contributed by atoms with Gasteiger partial charge in [-0.05, 0) is 23.2 Å². The number of alkyl halides is 3. The topological polar surface area (TPSA) is 48.8 Å². The van der Waals surface area contributed by atoms with Crippen LogP contribution in [0.3, 0.4) is 0 Å². The highest BCUT2D eigenvalue weighted by Gasteiger charge is 2.36. The van der Waals surface area contributed by atoms with Gasteiger partial charge in [-0.25, -0.2) is 0 Å². The summed E-state index contributed by atoms with van der Waals surface area (Å²) in [7, 11) is 0. The van der Waals surface area contributed by atoms with Crippen molar-refractivity contribution in [1.82, 2.24) is 0 Å². The van der Waals surface area contributed by atoms with E-state index in [1.54, 1.807) is 18.2 Å². The quantitative estimate of drug-likeness (QED) is 0.434. The van der Waals surface area contributed by atoms with E-state index in [4.69, 9.17) is 17.1 Å². The summed E-state index contributed by atoms with van der Waals surface area (Å²) in [6, 6.07) is 4.13. The average molecular weight is 262 g/mol. The van der Waals surface area contributed by atoms with E-state index in [2.05, 4.69) is 10.0 Å². The smallest absolute Gasteiger partial charge is 0.170 e. The molecule has 0 spiro atoms. The summed E-state index contributed by atoms with van der Waals surface area (Å²) in [5, 5.41) is 3.08. The average Bonchev–Trinajstić information content (AvgIpc) is 2.22. The van der Waals surface area contributed by atoms with E-state index >= 15 is 0 Å². The van der Waals surface area contributed by atoms with Crippen LogP contribution in [0, 0.1) is 0 Å². The van der Waals surface area contributed by atoms with Crippen LogP contribution in [0.15, 0.2) is 35.5 Å². The van der Waals surface area contributed by atoms with Crippen molar-refractivity contribution in [3.05, 3.63) is 51.4 Å². The molecule has 1 aromatic carbocycles. The number of benzene rings is 1. The lowest BCUT2D eigenvalue weighted by molar-refractivity contribution is -0.136. The van der Waals surface area contributed by atoms with Crippen molar-refractivity contribution in [3.63, 3.8) is 0 Å². The first kappa shape index (κ1) is 13.4. The Hall–Kier alpha value is -1.65. The van der Waals surface area contributed by atoms with E-state index in [-0.39, 0.29) is 0 Å². The van der Waals surface area contributed by atoms with Crippen LogP contribution in [-0.2, 0) is 0 Å². The van der Waals surface area contributed by atoms with E-state index in [1.165, 1.54) is 12.1 Å². The Kier molecular flexibility index (Phi) is 4.43. The first-order valence-electron chi connectivity index (χ1n) is 4.48. The van der Waals surface area contributed by atoms with Gasteiger partial charge in [-0.15, -0.1) is 0 Å². The van der Waals surface area contributed by atoms with Gasteiger partial charge in [0.25, 0.3) is 0 Å². The molecule has 1 aromatic rings. The molecule has 0 heterocycles. The molecule has 0 aromatic heterocycles. The summed E-state index contributed by atoms with van der Waals surface area (Å²) in [5.41, 5.74) is 8.54. The molecule has 0 saturated heterocycles. The van der Waals surface area contributed by atoms with Crippen molar-refractivity contribution in [1.29, 1.82) is 0 Å². The monoisotopic (exact) mass is 261 g/mol. The predicted octanol–water partition coefficient (Wildman–Crippen LogP) is 4.59. The van der Waals surface area contributed by atoms with Crippen LogP contribution in [0.5, 0.6) is 0 Å². The molecular weight excluding hydrogens is 255 g/mol. The zero-order valence-corrected chi connectivity index (χ0v) is 9.15. The van der Waals surface area contributed by atoms with Gasteiger partial charge >= 0.3 is 6.18 Å². The van der Waals surface area contributed by atoms with E-state index in [9.17, 15) is 13.2 Å². The number of hydrogen-bond donors (Lipinski definition) is 0. The van der Waals surface area contributed by atoms with Crippen molar-refractivity contribution in [2.45, 2.75) is 12.2 Å². The van der Waals surface area contributed by atoms with Gasteiger partial charge in [0.2, 0.25) is 0 Å². The molecule has 0 N–H and O–H groups in total. The largest absolute Gasteiger partial charge is 0.400 e. The molecular formula is C10H7ClF3N3. The Labute approximate surface area is 100 Å². The second-order valence-corrected chi connectivity index (χ2v) is 3.54. The molecule has 1 unspecified atom stereocenters. The third kappa shape index (κ3) is 4.38. The third-order valence-electron chi connectivity index (χ3n) is 1.83. The first-order chi connectivity index (χ1) is 7.93. The minimum absolute atomic E-state index is 0.416. The van der Waals surface area contributed by atoms with Gasteiger partial charge in [-0.3, -0.25) is 0 Å². The van der Waals surface area contributed by atoms with Crippen molar-refractivity contribution < 1.29 is 13.2 Å². The molecule has 17 heavy (non-hydrogen) atoms. The van der Waals surface area contributed by atoms with Crippen LogP contribution >= 0.6 is 11.6 Å². The molecule has 0 aliphatic heterocycles. The van der Waals surface area contributed by atoms with Gasteiger partial charge in [0.15, 0.2) is 6.04 Å². The summed E-state index contributed by atoms with van der Waals surface area (Å²) >= 11 is 5.67. The summed E-state index contributed by atoms with van der Waals surface area (Å²) in [5.74, 6) is 0. The number of azide groups is 1. The van der Waals surface area contributed by atoms with Crippen LogP contribution < -0.4 is 0 Å². The standard InChI is InChI=1S/C10H7ClF3N3/c11-8-3-1-2-7(6-8)4-5-9(16-17-15)10(12,13)14/h1-6,9H. The number of hydrogen-bond acceptors (Lipinski definition) is 1. The van der Waals surface area contributed by atoms with Crippen molar-refractivity contribution in [2.24, 2.45) is 5.11 Å². The molecule has 0 radical (unpaired) electrons. The highest BCUT2D eigenvalue weighted by molar-refractivity contribution is 6.30. The van der Waals surface area contributed by atoms with E-state index in [0.29, 0.717) is 10.6 Å². The second-order valence-electron chi connectivity index (χ2n) is 3.11. The summed E-state index contributed by atoms with van der Waals surface area (Å²) in [4.78, 5) is 2.16. The molecule has 0 saturated carbocycles. The molecule has 0 amide bonds. The Bertz CT molecular complexity index is 464. The minimum atomic E-state index is -4.60.